The molecule has 0 aromatic carbocycles. The second-order valence-corrected chi connectivity index (χ2v) is 4.91. The van der Waals surface area contributed by atoms with Gasteiger partial charge < -0.3 is 9.88 Å². The highest BCUT2D eigenvalue weighted by molar-refractivity contribution is 5.18. The second kappa shape index (κ2) is 3.48. The van der Waals surface area contributed by atoms with E-state index in [2.05, 4.69) is 10.3 Å². The van der Waals surface area contributed by atoms with Gasteiger partial charge in [0.05, 0.1) is 6.33 Å². The molecule has 0 amide bonds. The minimum atomic E-state index is -4.17. The first-order chi connectivity index (χ1) is 8.05. The van der Waals surface area contributed by atoms with Gasteiger partial charge in [-0.2, -0.15) is 13.2 Å². The van der Waals surface area contributed by atoms with Crippen LogP contribution in [0.3, 0.4) is 0 Å². The molecule has 1 unspecified atom stereocenters. The highest BCUT2D eigenvalue weighted by Gasteiger charge is 2.65. The van der Waals surface area contributed by atoms with Gasteiger partial charge in [-0.05, 0) is 25.8 Å². The molecule has 3 nitrogen and oxygen atoms in total. The van der Waals surface area contributed by atoms with E-state index in [-0.39, 0.29) is 18.8 Å². The lowest BCUT2D eigenvalue weighted by atomic mass is 10.0. The summed E-state index contributed by atoms with van der Waals surface area (Å²) in [6, 6.07) is 0. The molecule has 1 aliphatic heterocycles. The van der Waals surface area contributed by atoms with Crippen molar-refractivity contribution in [2.45, 2.75) is 36.9 Å². The Bertz CT molecular complexity index is 414. The summed E-state index contributed by atoms with van der Waals surface area (Å²) in [6.45, 7) is 1.62. The van der Waals surface area contributed by atoms with Crippen molar-refractivity contribution in [2.75, 3.05) is 13.1 Å². The summed E-state index contributed by atoms with van der Waals surface area (Å²) in [7, 11) is 0. The van der Waals surface area contributed by atoms with E-state index in [9.17, 15) is 13.2 Å². The molecule has 2 heterocycles. The van der Waals surface area contributed by atoms with Gasteiger partial charge in [-0.25, -0.2) is 4.98 Å². The molecular formula is C11H14F3N3. The predicted molar refractivity (Wildman–Crippen MR) is 55.7 cm³/mol. The predicted octanol–water partition coefficient (Wildman–Crippen LogP) is 2.01. The van der Waals surface area contributed by atoms with E-state index in [0.29, 0.717) is 0 Å². The molecule has 0 spiro atoms. The minimum absolute atomic E-state index is 0.164. The van der Waals surface area contributed by atoms with Crippen LogP contribution in [-0.4, -0.2) is 28.8 Å². The van der Waals surface area contributed by atoms with Gasteiger partial charge in [0.15, 0.2) is 0 Å². The fraction of sp³-hybridized carbons (Fsp3) is 0.727. The lowest BCUT2D eigenvalue weighted by Crippen LogP contribution is -2.36. The number of rotatable bonds is 2. The van der Waals surface area contributed by atoms with Crippen molar-refractivity contribution in [3.63, 3.8) is 0 Å². The molecule has 0 radical (unpaired) electrons. The van der Waals surface area contributed by atoms with E-state index in [1.807, 2.05) is 0 Å². The van der Waals surface area contributed by atoms with E-state index < -0.39 is 11.7 Å². The monoisotopic (exact) mass is 245 g/mol. The Morgan fingerprint density at radius 1 is 1.41 bits per heavy atom. The number of nitrogens with zero attached hydrogens (tertiary/aromatic N) is 2. The van der Waals surface area contributed by atoms with Gasteiger partial charge >= 0.3 is 6.18 Å². The lowest BCUT2D eigenvalue weighted by molar-refractivity contribution is -0.180. The molecule has 2 aliphatic rings. The molecule has 1 N–H and O–H groups in total. The van der Waals surface area contributed by atoms with Gasteiger partial charge in [-0.15, -0.1) is 0 Å². The Morgan fingerprint density at radius 3 is 2.71 bits per heavy atom. The van der Waals surface area contributed by atoms with Crippen LogP contribution in [0.4, 0.5) is 13.2 Å². The zero-order valence-electron chi connectivity index (χ0n) is 9.30. The zero-order chi connectivity index (χ0) is 12.1. The molecule has 3 rings (SSSR count). The van der Waals surface area contributed by atoms with Crippen LogP contribution in [0.2, 0.25) is 0 Å². The van der Waals surface area contributed by atoms with Crippen molar-refractivity contribution in [1.82, 2.24) is 14.9 Å². The van der Waals surface area contributed by atoms with Crippen LogP contribution in [-0.2, 0) is 5.54 Å². The first kappa shape index (κ1) is 11.1. The molecule has 1 aromatic heterocycles. The van der Waals surface area contributed by atoms with E-state index in [4.69, 9.17) is 0 Å². The van der Waals surface area contributed by atoms with Crippen molar-refractivity contribution >= 4 is 0 Å². The van der Waals surface area contributed by atoms with Crippen LogP contribution >= 0.6 is 0 Å². The number of aromatic nitrogens is 2. The van der Waals surface area contributed by atoms with Crippen molar-refractivity contribution in [3.05, 3.63) is 18.2 Å². The molecule has 1 atom stereocenters. The Labute approximate surface area is 97.0 Å². The average molecular weight is 245 g/mol. The molecule has 1 aliphatic carbocycles. The maximum absolute atomic E-state index is 13.1. The SMILES string of the molecule is FC(F)(F)C1(n2cncc2C2CCNC2)CC1. The first-order valence-corrected chi connectivity index (χ1v) is 5.85. The largest absolute Gasteiger partial charge is 0.411 e. The summed E-state index contributed by atoms with van der Waals surface area (Å²) in [5.74, 6) is 0.164. The number of alkyl halides is 3. The molecule has 6 heteroatoms. The Hall–Kier alpha value is -1.04. The molecule has 94 valence electrons. The fourth-order valence-electron chi connectivity index (χ4n) is 2.65. The van der Waals surface area contributed by atoms with Gasteiger partial charge in [0.2, 0.25) is 0 Å². The minimum Gasteiger partial charge on any atom is -0.319 e. The van der Waals surface area contributed by atoms with Crippen LogP contribution in [0.1, 0.15) is 30.9 Å². The number of nitrogens with one attached hydrogen (secondary N) is 1. The summed E-state index contributed by atoms with van der Waals surface area (Å²) in [5.41, 5.74) is -0.939. The summed E-state index contributed by atoms with van der Waals surface area (Å²) in [6.07, 6.45) is 0.00570. The maximum atomic E-state index is 13.1. The van der Waals surface area contributed by atoms with Crippen LogP contribution in [0.5, 0.6) is 0 Å². The third kappa shape index (κ3) is 1.57. The molecule has 1 saturated heterocycles. The molecule has 1 saturated carbocycles. The summed E-state index contributed by atoms with van der Waals surface area (Å²) in [4.78, 5) is 3.92. The highest BCUT2D eigenvalue weighted by Crippen LogP contribution is 2.56. The quantitative estimate of drug-likeness (QED) is 0.863. The first-order valence-electron chi connectivity index (χ1n) is 5.85. The topological polar surface area (TPSA) is 29.9 Å². The van der Waals surface area contributed by atoms with Gasteiger partial charge in [0.25, 0.3) is 0 Å². The highest BCUT2D eigenvalue weighted by atomic mass is 19.4. The van der Waals surface area contributed by atoms with Gasteiger partial charge in [-0.3, -0.25) is 0 Å². The summed E-state index contributed by atoms with van der Waals surface area (Å²) >= 11 is 0. The molecule has 1 aromatic rings. The number of halogens is 3. The van der Waals surface area contributed by atoms with Crippen molar-refractivity contribution in [3.8, 4) is 0 Å². The Balaban J connectivity index is 1.96. The zero-order valence-corrected chi connectivity index (χ0v) is 9.30. The van der Waals surface area contributed by atoms with Crippen molar-refractivity contribution in [2.24, 2.45) is 0 Å². The smallest absolute Gasteiger partial charge is 0.319 e. The van der Waals surface area contributed by atoms with Gasteiger partial charge in [0, 0.05) is 24.4 Å². The maximum Gasteiger partial charge on any atom is 0.411 e. The van der Waals surface area contributed by atoms with Gasteiger partial charge in [-0.1, -0.05) is 0 Å². The molecular weight excluding hydrogens is 231 g/mol. The molecule has 2 fully saturated rings. The second-order valence-electron chi connectivity index (χ2n) is 4.91. The Kier molecular flexibility index (Phi) is 2.26. The molecule has 17 heavy (non-hydrogen) atoms. The third-order valence-electron chi connectivity index (χ3n) is 3.86. The fourth-order valence-corrected chi connectivity index (χ4v) is 2.65. The van der Waals surface area contributed by atoms with Crippen molar-refractivity contribution in [1.29, 1.82) is 0 Å². The third-order valence-corrected chi connectivity index (χ3v) is 3.86. The number of imidazole rings is 1. The van der Waals surface area contributed by atoms with E-state index in [0.717, 1.165) is 25.2 Å². The van der Waals surface area contributed by atoms with Crippen molar-refractivity contribution < 1.29 is 13.2 Å². The van der Waals surface area contributed by atoms with Crippen LogP contribution in [0.25, 0.3) is 0 Å². The number of hydrogen-bond acceptors (Lipinski definition) is 2. The van der Waals surface area contributed by atoms with E-state index in [1.165, 1.54) is 10.9 Å². The van der Waals surface area contributed by atoms with Crippen LogP contribution in [0, 0.1) is 0 Å². The van der Waals surface area contributed by atoms with Gasteiger partial charge in [0.1, 0.15) is 5.54 Å². The molecule has 0 bridgehead atoms. The van der Waals surface area contributed by atoms with Crippen LogP contribution < -0.4 is 5.32 Å². The summed E-state index contributed by atoms with van der Waals surface area (Å²) < 4.78 is 40.6. The average Bonchev–Trinajstić information content (AvgIpc) is 2.76. The lowest BCUT2D eigenvalue weighted by Gasteiger charge is -2.24. The standard InChI is InChI=1S/C11H14F3N3/c12-11(13,14)10(2-3-10)17-7-16-6-9(17)8-1-4-15-5-8/h6-8,15H,1-5H2. The normalized spacial score (nSPS) is 27.4. The van der Waals surface area contributed by atoms with E-state index >= 15 is 0 Å². The van der Waals surface area contributed by atoms with Crippen LogP contribution in [0.15, 0.2) is 12.5 Å². The Morgan fingerprint density at radius 2 is 2.18 bits per heavy atom. The summed E-state index contributed by atoms with van der Waals surface area (Å²) in [5, 5.41) is 3.18. The van der Waals surface area contributed by atoms with E-state index in [1.54, 1.807) is 6.20 Å². The number of hydrogen-bond donors (Lipinski definition) is 1.